The molecule has 96 valence electrons. The van der Waals surface area contributed by atoms with Crippen LogP contribution >= 0.6 is 0 Å². The fourth-order valence-electron chi connectivity index (χ4n) is 1.78. The summed E-state index contributed by atoms with van der Waals surface area (Å²) >= 11 is 0. The van der Waals surface area contributed by atoms with Crippen LogP contribution in [0.1, 0.15) is 39.5 Å². The highest BCUT2D eigenvalue weighted by Gasteiger charge is 2.06. The van der Waals surface area contributed by atoms with Crippen molar-refractivity contribution in [3.8, 4) is 0 Å². The van der Waals surface area contributed by atoms with E-state index >= 15 is 0 Å². The van der Waals surface area contributed by atoms with E-state index in [0.29, 0.717) is 0 Å². The number of rotatable bonds is 8. The molecule has 0 aliphatic rings. The van der Waals surface area contributed by atoms with Gasteiger partial charge in [0.05, 0.1) is 0 Å². The third-order valence-corrected chi connectivity index (χ3v) is 3.04. The zero-order valence-electron chi connectivity index (χ0n) is 11.2. The standard InChI is InChI=1S/C13H24N4/c1-4-6-7-11(5-2)9-15-13-8-12(14-3)16-10-17-13/h8,10-11H,4-7,9H2,1-3H3,(H2,14,15,16,17). The summed E-state index contributed by atoms with van der Waals surface area (Å²) in [6.45, 7) is 5.49. The van der Waals surface area contributed by atoms with Crippen molar-refractivity contribution < 1.29 is 0 Å². The lowest BCUT2D eigenvalue weighted by Gasteiger charge is -2.15. The van der Waals surface area contributed by atoms with Gasteiger partial charge in [0.15, 0.2) is 0 Å². The van der Waals surface area contributed by atoms with Crippen LogP contribution in [-0.2, 0) is 0 Å². The predicted molar refractivity (Wildman–Crippen MR) is 73.4 cm³/mol. The van der Waals surface area contributed by atoms with Gasteiger partial charge in [-0.2, -0.15) is 0 Å². The van der Waals surface area contributed by atoms with Crippen LogP contribution in [0.4, 0.5) is 11.6 Å². The maximum absolute atomic E-state index is 4.21. The largest absolute Gasteiger partial charge is 0.373 e. The Morgan fingerprint density at radius 3 is 2.65 bits per heavy atom. The Labute approximate surface area is 104 Å². The van der Waals surface area contributed by atoms with Crippen LogP contribution in [-0.4, -0.2) is 23.6 Å². The Morgan fingerprint density at radius 2 is 2.00 bits per heavy atom. The topological polar surface area (TPSA) is 49.8 Å². The summed E-state index contributed by atoms with van der Waals surface area (Å²) in [6.07, 6.45) is 6.68. The molecule has 2 N–H and O–H groups in total. The van der Waals surface area contributed by atoms with Gasteiger partial charge in [-0.25, -0.2) is 9.97 Å². The molecular formula is C13H24N4. The molecule has 0 aliphatic heterocycles. The smallest absolute Gasteiger partial charge is 0.131 e. The van der Waals surface area contributed by atoms with Crippen molar-refractivity contribution >= 4 is 11.6 Å². The van der Waals surface area contributed by atoms with Gasteiger partial charge in [-0.3, -0.25) is 0 Å². The SMILES string of the molecule is CCCCC(CC)CNc1cc(NC)ncn1. The molecule has 17 heavy (non-hydrogen) atoms. The fraction of sp³-hybridized carbons (Fsp3) is 0.692. The molecule has 1 aromatic heterocycles. The maximum atomic E-state index is 4.21. The van der Waals surface area contributed by atoms with Crippen molar-refractivity contribution in [3.63, 3.8) is 0 Å². The molecule has 0 saturated heterocycles. The Balaban J connectivity index is 2.41. The number of aromatic nitrogens is 2. The first-order valence-corrected chi connectivity index (χ1v) is 6.53. The van der Waals surface area contributed by atoms with Crippen molar-refractivity contribution in [2.24, 2.45) is 5.92 Å². The quantitative estimate of drug-likeness (QED) is 0.728. The van der Waals surface area contributed by atoms with Crippen LogP contribution in [0.5, 0.6) is 0 Å². The lowest BCUT2D eigenvalue weighted by atomic mass is 9.99. The molecule has 0 amide bonds. The van der Waals surface area contributed by atoms with E-state index in [1.165, 1.54) is 25.7 Å². The van der Waals surface area contributed by atoms with Gasteiger partial charge in [0.25, 0.3) is 0 Å². The number of unbranched alkanes of at least 4 members (excludes halogenated alkanes) is 1. The molecule has 4 nitrogen and oxygen atoms in total. The summed E-state index contributed by atoms with van der Waals surface area (Å²) in [7, 11) is 1.86. The number of hydrogen-bond acceptors (Lipinski definition) is 4. The van der Waals surface area contributed by atoms with Gasteiger partial charge >= 0.3 is 0 Å². The molecule has 1 rings (SSSR count). The van der Waals surface area contributed by atoms with E-state index in [9.17, 15) is 0 Å². The summed E-state index contributed by atoms with van der Waals surface area (Å²) in [5, 5.41) is 6.40. The molecule has 0 aromatic carbocycles. The molecule has 1 unspecified atom stereocenters. The highest BCUT2D eigenvalue weighted by atomic mass is 15.1. The first-order chi connectivity index (χ1) is 8.30. The molecule has 1 atom stereocenters. The molecule has 0 radical (unpaired) electrons. The van der Waals surface area contributed by atoms with Gasteiger partial charge in [0.1, 0.15) is 18.0 Å². The number of anilines is 2. The molecule has 4 heteroatoms. The van der Waals surface area contributed by atoms with Crippen molar-refractivity contribution in [2.45, 2.75) is 39.5 Å². The molecule has 0 saturated carbocycles. The first kappa shape index (κ1) is 13.7. The zero-order chi connectivity index (χ0) is 12.5. The van der Waals surface area contributed by atoms with E-state index < -0.39 is 0 Å². The van der Waals surface area contributed by atoms with Gasteiger partial charge in [-0.1, -0.05) is 33.1 Å². The highest BCUT2D eigenvalue weighted by Crippen LogP contribution is 2.14. The molecule has 0 bridgehead atoms. The highest BCUT2D eigenvalue weighted by molar-refractivity contribution is 5.45. The average Bonchev–Trinajstić information content (AvgIpc) is 2.39. The molecule has 0 fully saturated rings. The minimum absolute atomic E-state index is 0.739. The van der Waals surface area contributed by atoms with Gasteiger partial charge in [0.2, 0.25) is 0 Å². The summed E-state index contributed by atoms with van der Waals surface area (Å²) in [4.78, 5) is 8.30. The first-order valence-electron chi connectivity index (χ1n) is 6.53. The van der Waals surface area contributed by atoms with E-state index in [-0.39, 0.29) is 0 Å². The van der Waals surface area contributed by atoms with Crippen molar-refractivity contribution in [3.05, 3.63) is 12.4 Å². The van der Waals surface area contributed by atoms with Crippen LogP contribution in [0.25, 0.3) is 0 Å². The van der Waals surface area contributed by atoms with Crippen molar-refractivity contribution in [1.29, 1.82) is 0 Å². The van der Waals surface area contributed by atoms with Crippen LogP contribution < -0.4 is 10.6 Å². The minimum Gasteiger partial charge on any atom is -0.373 e. The van der Waals surface area contributed by atoms with E-state index in [2.05, 4.69) is 34.4 Å². The van der Waals surface area contributed by atoms with Crippen LogP contribution in [0.2, 0.25) is 0 Å². The second kappa shape index (κ2) is 7.87. The second-order valence-corrected chi connectivity index (χ2v) is 4.34. The molecule has 0 aliphatic carbocycles. The summed E-state index contributed by atoms with van der Waals surface area (Å²) in [5.74, 6) is 2.49. The number of nitrogens with zero attached hydrogens (tertiary/aromatic N) is 2. The zero-order valence-corrected chi connectivity index (χ0v) is 11.2. The van der Waals surface area contributed by atoms with Crippen LogP contribution in [0, 0.1) is 5.92 Å². The van der Waals surface area contributed by atoms with Gasteiger partial charge in [0, 0.05) is 19.7 Å². The fourth-order valence-corrected chi connectivity index (χ4v) is 1.78. The molecule has 1 aromatic rings. The van der Waals surface area contributed by atoms with E-state index in [0.717, 1.165) is 24.1 Å². The van der Waals surface area contributed by atoms with Gasteiger partial charge < -0.3 is 10.6 Å². The summed E-state index contributed by atoms with van der Waals surface area (Å²) in [5.41, 5.74) is 0. The normalized spacial score (nSPS) is 12.2. The second-order valence-electron chi connectivity index (χ2n) is 4.34. The predicted octanol–water partition coefficient (Wildman–Crippen LogP) is 3.15. The van der Waals surface area contributed by atoms with E-state index in [1.807, 2.05) is 13.1 Å². The lowest BCUT2D eigenvalue weighted by molar-refractivity contribution is 0.472. The monoisotopic (exact) mass is 236 g/mol. The lowest BCUT2D eigenvalue weighted by Crippen LogP contribution is -2.14. The van der Waals surface area contributed by atoms with Gasteiger partial charge in [-0.05, 0) is 12.3 Å². The molecular weight excluding hydrogens is 212 g/mol. The minimum atomic E-state index is 0.739. The Morgan fingerprint density at radius 1 is 1.24 bits per heavy atom. The Hall–Kier alpha value is -1.32. The maximum Gasteiger partial charge on any atom is 0.131 e. The van der Waals surface area contributed by atoms with Crippen LogP contribution in [0.3, 0.4) is 0 Å². The third kappa shape index (κ3) is 5.02. The summed E-state index contributed by atoms with van der Waals surface area (Å²) in [6, 6.07) is 1.94. The van der Waals surface area contributed by atoms with Gasteiger partial charge in [-0.15, -0.1) is 0 Å². The van der Waals surface area contributed by atoms with E-state index in [4.69, 9.17) is 0 Å². The van der Waals surface area contributed by atoms with Crippen molar-refractivity contribution in [1.82, 2.24) is 9.97 Å². The number of nitrogens with one attached hydrogen (secondary N) is 2. The molecule has 0 spiro atoms. The van der Waals surface area contributed by atoms with E-state index in [1.54, 1.807) is 6.33 Å². The molecule has 1 heterocycles. The Kier molecular flexibility index (Phi) is 6.37. The van der Waals surface area contributed by atoms with Crippen molar-refractivity contribution in [2.75, 3.05) is 24.2 Å². The summed E-state index contributed by atoms with van der Waals surface area (Å²) < 4.78 is 0. The average molecular weight is 236 g/mol. The number of hydrogen-bond donors (Lipinski definition) is 2. The van der Waals surface area contributed by atoms with Crippen LogP contribution in [0.15, 0.2) is 12.4 Å². The Bertz CT molecular complexity index is 314. The third-order valence-electron chi connectivity index (χ3n) is 3.04.